The van der Waals surface area contributed by atoms with Crippen molar-refractivity contribution in [2.45, 2.75) is 55.7 Å². The largest absolute Gasteiger partial charge is 0.497 e. The van der Waals surface area contributed by atoms with Crippen molar-refractivity contribution in [1.82, 2.24) is 15.2 Å². The van der Waals surface area contributed by atoms with Crippen LogP contribution in [0.15, 0.2) is 53.6 Å². The Bertz CT molecular complexity index is 1370. The molecule has 2 aliphatic rings. The lowest BCUT2D eigenvalue weighted by Gasteiger charge is -2.41. The van der Waals surface area contributed by atoms with Crippen LogP contribution in [0, 0.1) is 11.3 Å². The highest BCUT2D eigenvalue weighted by Crippen LogP contribution is 2.40. The third-order valence-corrected chi connectivity index (χ3v) is 10.5. The number of methoxy groups -OCH3 is 1. The van der Waals surface area contributed by atoms with E-state index in [9.17, 15) is 23.4 Å². The minimum absolute atomic E-state index is 0.0481. The second-order valence-electron chi connectivity index (χ2n) is 12.2. The molecule has 2 aromatic carbocycles. The summed E-state index contributed by atoms with van der Waals surface area (Å²) in [5.41, 5.74) is 0.442. The fourth-order valence-electron chi connectivity index (χ4n) is 6.06. The number of rotatable bonds is 11. The number of piperidine rings is 2. The van der Waals surface area contributed by atoms with Crippen LogP contribution in [0.3, 0.4) is 0 Å². The smallest absolute Gasteiger partial charge is 0.416 e. The van der Waals surface area contributed by atoms with Gasteiger partial charge in [0.1, 0.15) is 5.75 Å². The summed E-state index contributed by atoms with van der Waals surface area (Å²) in [6.45, 7) is 5.06. The second kappa shape index (κ2) is 17.3. The summed E-state index contributed by atoms with van der Waals surface area (Å²) in [4.78, 5) is 7.49. The van der Waals surface area contributed by atoms with Crippen molar-refractivity contribution in [3.05, 3.63) is 64.8 Å². The Morgan fingerprint density at radius 3 is 2.39 bits per heavy atom. The van der Waals surface area contributed by atoms with Gasteiger partial charge in [-0.3, -0.25) is 4.98 Å². The monoisotopic (exact) mass is 683 g/mol. The third-order valence-electron chi connectivity index (χ3n) is 9.18. The number of alkyl halides is 3. The summed E-state index contributed by atoms with van der Waals surface area (Å²) < 4.78 is 43.6. The molecule has 0 bridgehead atoms. The van der Waals surface area contributed by atoms with Crippen molar-refractivity contribution in [3.8, 4) is 5.75 Å². The maximum atomic E-state index is 12.7. The van der Waals surface area contributed by atoms with Gasteiger partial charge in [0.15, 0.2) is 0 Å². The topological polar surface area (TPSA) is 98.1 Å². The molecule has 254 valence electrons. The van der Waals surface area contributed by atoms with E-state index >= 15 is 0 Å². The van der Waals surface area contributed by atoms with Gasteiger partial charge in [0.25, 0.3) is 0 Å². The first kappa shape index (κ1) is 36.7. The number of halogens is 4. The number of aliphatic hydroxyl groups excluding tert-OH is 3. The van der Waals surface area contributed by atoms with Gasteiger partial charge in [0.2, 0.25) is 0 Å². The van der Waals surface area contributed by atoms with Gasteiger partial charge in [-0.25, -0.2) is 0 Å². The normalized spacial score (nSPS) is 18.2. The van der Waals surface area contributed by atoms with E-state index in [0.29, 0.717) is 41.7 Å². The van der Waals surface area contributed by atoms with Crippen LogP contribution in [0.4, 0.5) is 13.2 Å². The maximum absolute atomic E-state index is 12.7. The summed E-state index contributed by atoms with van der Waals surface area (Å²) in [5, 5.41) is 34.5. The van der Waals surface area contributed by atoms with Gasteiger partial charge < -0.3 is 30.3 Å². The Labute approximate surface area is 278 Å². The van der Waals surface area contributed by atoms with Gasteiger partial charge in [-0.1, -0.05) is 11.6 Å². The highest BCUT2D eigenvalue weighted by Gasteiger charge is 2.35. The van der Waals surface area contributed by atoms with E-state index in [-0.39, 0.29) is 12.0 Å². The van der Waals surface area contributed by atoms with E-state index in [0.717, 1.165) is 92.1 Å². The van der Waals surface area contributed by atoms with Crippen LogP contribution in [-0.2, 0) is 6.18 Å². The van der Waals surface area contributed by atoms with Crippen LogP contribution in [0.1, 0.15) is 55.8 Å². The van der Waals surface area contributed by atoms with Crippen LogP contribution in [0.2, 0.25) is 5.02 Å². The molecule has 0 aliphatic carbocycles. The quantitative estimate of drug-likeness (QED) is 0.169. The number of aliphatic hydroxyl groups is 3. The van der Waals surface area contributed by atoms with Crippen LogP contribution in [0.5, 0.6) is 5.75 Å². The Balaban J connectivity index is 0.000000523. The molecule has 1 unspecified atom stereocenters. The van der Waals surface area contributed by atoms with E-state index in [4.69, 9.17) is 21.4 Å². The van der Waals surface area contributed by atoms with Gasteiger partial charge >= 0.3 is 6.18 Å². The molecule has 0 saturated carbocycles. The molecule has 1 aromatic heterocycles. The maximum Gasteiger partial charge on any atom is 0.416 e. The Hall–Kier alpha value is -2.12. The Kier molecular flexibility index (Phi) is 13.8. The molecule has 12 heteroatoms. The fourth-order valence-corrected chi connectivity index (χ4v) is 7.25. The highest BCUT2D eigenvalue weighted by atomic mass is 35.5. The first-order chi connectivity index (χ1) is 22.1. The third kappa shape index (κ3) is 10.2. The van der Waals surface area contributed by atoms with Crippen LogP contribution < -0.4 is 10.1 Å². The summed E-state index contributed by atoms with van der Waals surface area (Å²) in [6, 6.07) is 10.7. The highest BCUT2D eigenvalue weighted by molar-refractivity contribution is 7.99. The zero-order chi connectivity index (χ0) is 33.2. The number of likely N-dealkylation sites (tertiary alicyclic amines) is 1. The molecule has 0 amide bonds. The lowest BCUT2D eigenvalue weighted by molar-refractivity contribution is -0.137. The summed E-state index contributed by atoms with van der Waals surface area (Å²) in [5.74, 6) is 2.01. The number of hydrogen-bond acceptors (Lipinski definition) is 8. The lowest BCUT2D eigenvalue weighted by Crippen LogP contribution is -2.43. The number of ether oxygens (including phenoxy) is 1. The van der Waals surface area contributed by atoms with Crippen molar-refractivity contribution in [3.63, 3.8) is 0 Å². The molecule has 0 radical (unpaired) electrons. The molecule has 0 spiro atoms. The zero-order valence-corrected chi connectivity index (χ0v) is 27.8. The molecular weight excluding hydrogens is 639 g/mol. The average Bonchev–Trinajstić information content (AvgIpc) is 3.08. The molecule has 5 rings (SSSR count). The van der Waals surface area contributed by atoms with Crippen molar-refractivity contribution in [1.29, 1.82) is 0 Å². The zero-order valence-electron chi connectivity index (χ0n) is 26.2. The summed E-state index contributed by atoms with van der Waals surface area (Å²) >= 11 is 7.99. The number of thioether (sulfide) groups is 1. The molecule has 1 atom stereocenters. The molecule has 3 aromatic rings. The summed E-state index contributed by atoms with van der Waals surface area (Å²) in [6.07, 6.45) is 1.45. The van der Waals surface area contributed by atoms with Gasteiger partial charge in [-0.15, -0.1) is 11.8 Å². The number of nitrogens with one attached hydrogen (secondary N) is 1. The van der Waals surface area contributed by atoms with Gasteiger partial charge in [-0.05, 0) is 119 Å². The van der Waals surface area contributed by atoms with E-state index < -0.39 is 17.8 Å². The molecule has 2 fully saturated rings. The molecule has 4 N–H and O–H groups in total. The van der Waals surface area contributed by atoms with Gasteiger partial charge in [0.05, 0.1) is 29.3 Å². The molecular formula is C34H45ClF3N3O4S. The van der Waals surface area contributed by atoms with Gasteiger partial charge in [-0.2, -0.15) is 13.2 Å². The first-order valence-corrected chi connectivity index (χ1v) is 17.2. The standard InChI is InChI=1S/C28H32ClF3N2O3S.C6H13NO/c1-37-20-4-7-24-22(16-20)26(23(29)17-33-24)25(36)8-9-27(18-35)10-12-34(13-11-27)14-15-38-21-5-2-19(3-6-21)28(30,31)32;8-5-6-1-3-7-4-2-6/h2-7,16-17,25,35-36H,8-15,18H2,1H3;6-8H,1-5H2. The minimum Gasteiger partial charge on any atom is -0.497 e. The molecule has 7 nitrogen and oxygen atoms in total. The van der Waals surface area contributed by atoms with Gasteiger partial charge in [0, 0.05) is 47.6 Å². The second-order valence-corrected chi connectivity index (χ2v) is 13.8. The number of pyridine rings is 1. The summed E-state index contributed by atoms with van der Waals surface area (Å²) in [7, 11) is 1.58. The van der Waals surface area contributed by atoms with Crippen LogP contribution >= 0.6 is 23.4 Å². The van der Waals surface area contributed by atoms with E-state index in [1.165, 1.54) is 23.9 Å². The number of fused-ring (bicyclic) bond motifs is 1. The van der Waals surface area contributed by atoms with Crippen LogP contribution in [-0.4, -0.2) is 84.0 Å². The predicted molar refractivity (Wildman–Crippen MR) is 178 cm³/mol. The molecule has 46 heavy (non-hydrogen) atoms. The van der Waals surface area contributed by atoms with Crippen molar-refractivity contribution < 1.29 is 33.2 Å². The lowest BCUT2D eigenvalue weighted by atomic mass is 9.74. The Morgan fingerprint density at radius 2 is 1.80 bits per heavy atom. The molecule has 2 aliphatic heterocycles. The number of nitrogens with zero attached hydrogens (tertiary/aromatic N) is 2. The van der Waals surface area contributed by atoms with E-state index in [1.54, 1.807) is 13.3 Å². The molecule has 2 saturated heterocycles. The van der Waals surface area contributed by atoms with Crippen molar-refractivity contribution in [2.24, 2.45) is 11.3 Å². The number of aromatic nitrogens is 1. The van der Waals surface area contributed by atoms with Crippen molar-refractivity contribution >= 4 is 34.3 Å². The van der Waals surface area contributed by atoms with Crippen molar-refractivity contribution in [2.75, 3.05) is 58.8 Å². The van der Waals surface area contributed by atoms with E-state index in [1.807, 2.05) is 18.2 Å². The minimum atomic E-state index is -4.32. The first-order valence-electron chi connectivity index (χ1n) is 15.8. The van der Waals surface area contributed by atoms with Crippen LogP contribution in [0.25, 0.3) is 10.9 Å². The Morgan fingerprint density at radius 1 is 1.11 bits per heavy atom. The number of hydrogen-bond donors (Lipinski definition) is 4. The van der Waals surface area contributed by atoms with E-state index in [2.05, 4.69) is 15.2 Å². The average molecular weight is 684 g/mol. The SMILES string of the molecule is COc1ccc2ncc(Cl)c(C(O)CCC3(CO)CCN(CCSc4ccc(C(F)(F)F)cc4)CC3)c2c1.OCC1CCNCC1. The predicted octanol–water partition coefficient (Wildman–Crippen LogP) is 6.57. The number of benzene rings is 2. The molecule has 3 heterocycles. The fraction of sp³-hybridized carbons (Fsp3) is 0.559.